The SMILES string of the molecule is CCc1ccc(N2CC(c3nc4ccccc4n3CC(C)C)CC2=O)cc1. The number of aryl methyl sites for hydroxylation is 1. The highest BCUT2D eigenvalue weighted by atomic mass is 16.2. The van der Waals surface area contributed by atoms with E-state index in [9.17, 15) is 4.79 Å². The number of carbonyl (C=O) groups is 1. The predicted octanol–water partition coefficient (Wildman–Crippen LogP) is 4.78. The Kier molecular flexibility index (Phi) is 4.73. The van der Waals surface area contributed by atoms with Crippen LogP contribution < -0.4 is 4.90 Å². The quantitative estimate of drug-likeness (QED) is 0.656. The summed E-state index contributed by atoms with van der Waals surface area (Å²) in [6.07, 6.45) is 1.53. The molecule has 1 aliphatic rings. The van der Waals surface area contributed by atoms with Gasteiger partial charge in [-0.05, 0) is 42.2 Å². The number of nitrogens with zero attached hydrogens (tertiary/aromatic N) is 3. The molecule has 0 N–H and O–H groups in total. The lowest BCUT2D eigenvalue weighted by Crippen LogP contribution is -2.24. The van der Waals surface area contributed by atoms with Crippen LogP contribution in [0, 0.1) is 5.92 Å². The fourth-order valence-corrected chi connectivity index (χ4v) is 4.00. The zero-order chi connectivity index (χ0) is 19.0. The van der Waals surface area contributed by atoms with Gasteiger partial charge in [0.15, 0.2) is 0 Å². The summed E-state index contributed by atoms with van der Waals surface area (Å²) in [5.41, 5.74) is 4.47. The molecule has 1 aliphatic heterocycles. The fourth-order valence-electron chi connectivity index (χ4n) is 4.00. The van der Waals surface area contributed by atoms with E-state index in [0.29, 0.717) is 18.9 Å². The average molecular weight is 361 g/mol. The minimum absolute atomic E-state index is 0.134. The first-order chi connectivity index (χ1) is 13.1. The van der Waals surface area contributed by atoms with E-state index in [1.54, 1.807) is 0 Å². The lowest BCUT2D eigenvalue weighted by Gasteiger charge is -2.18. The molecule has 4 rings (SSSR count). The Bertz CT molecular complexity index is 955. The summed E-state index contributed by atoms with van der Waals surface area (Å²) >= 11 is 0. The molecule has 140 valence electrons. The Morgan fingerprint density at radius 1 is 1.11 bits per heavy atom. The summed E-state index contributed by atoms with van der Waals surface area (Å²) < 4.78 is 2.32. The van der Waals surface area contributed by atoms with Crippen molar-refractivity contribution in [2.24, 2.45) is 5.92 Å². The van der Waals surface area contributed by atoms with Gasteiger partial charge in [-0.1, -0.05) is 45.0 Å². The maximum Gasteiger partial charge on any atom is 0.227 e. The summed E-state index contributed by atoms with van der Waals surface area (Å²) in [6, 6.07) is 16.6. The Hall–Kier alpha value is -2.62. The molecular formula is C23H27N3O. The number of rotatable bonds is 5. The lowest BCUT2D eigenvalue weighted by molar-refractivity contribution is -0.117. The molecule has 4 nitrogen and oxygen atoms in total. The maximum atomic E-state index is 12.8. The smallest absolute Gasteiger partial charge is 0.227 e. The van der Waals surface area contributed by atoms with Gasteiger partial charge < -0.3 is 9.47 Å². The Morgan fingerprint density at radius 3 is 2.56 bits per heavy atom. The van der Waals surface area contributed by atoms with E-state index in [-0.39, 0.29) is 11.8 Å². The van der Waals surface area contributed by atoms with E-state index < -0.39 is 0 Å². The van der Waals surface area contributed by atoms with E-state index in [1.165, 1.54) is 11.1 Å². The molecule has 1 aromatic heterocycles. The first kappa shape index (κ1) is 17.8. The molecule has 1 saturated heterocycles. The number of carbonyl (C=O) groups excluding carboxylic acids is 1. The van der Waals surface area contributed by atoms with Gasteiger partial charge in [0.05, 0.1) is 11.0 Å². The van der Waals surface area contributed by atoms with Gasteiger partial charge in [0.25, 0.3) is 0 Å². The maximum absolute atomic E-state index is 12.8. The molecule has 3 aromatic rings. The van der Waals surface area contributed by atoms with Gasteiger partial charge in [-0.15, -0.1) is 0 Å². The van der Waals surface area contributed by atoms with Crippen LogP contribution >= 0.6 is 0 Å². The zero-order valence-corrected chi connectivity index (χ0v) is 16.4. The molecule has 1 unspecified atom stereocenters. The third-order valence-electron chi connectivity index (χ3n) is 5.38. The third kappa shape index (κ3) is 3.36. The highest BCUT2D eigenvalue weighted by Gasteiger charge is 2.34. The minimum Gasteiger partial charge on any atom is -0.327 e. The highest BCUT2D eigenvalue weighted by molar-refractivity contribution is 5.96. The molecule has 2 heterocycles. The average Bonchev–Trinajstić information content (AvgIpc) is 3.22. The molecule has 4 heteroatoms. The largest absolute Gasteiger partial charge is 0.327 e. The number of imidazole rings is 1. The Labute approximate surface area is 160 Å². The van der Waals surface area contributed by atoms with Crippen molar-refractivity contribution in [3.8, 4) is 0 Å². The zero-order valence-electron chi connectivity index (χ0n) is 16.4. The molecule has 0 spiro atoms. The van der Waals surface area contributed by atoms with Crippen molar-refractivity contribution < 1.29 is 4.79 Å². The summed E-state index contributed by atoms with van der Waals surface area (Å²) in [7, 11) is 0. The molecule has 0 saturated carbocycles. The monoisotopic (exact) mass is 361 g/mol. The van der Waals surface area contributed by atoms with Crippen LogP contribution in [0.3, 0.4) is 0 Å². The van der Waals surface area contributed by atoms with Crippen LogP contribution in [0.2, 0.25) is 0 Å². The molecule has 0 radical (unpaired) electrons. The Balaban J connectivity index is 1.67. The number of hydrogen-bond acceptors (Lipinski definition) is 2. The number of amides is 1. The second kappa shape index (κ2) is 7.18. The van der Waals surface area contributed by atoms with Crippen LogP contribution in [-0.4, -0.2) is 22.0 Å². The van der Waals surface area contributed by atoms with Gasteiger partial charge in [0.2, 0.25) is 5.91 Å². The van der Waals surface area contributed by atoms with Gasteiger partial charge >= 0.3 is 0 Å². The molecule has 1 amide bonds. The van der Waals surface area contributed by atoms with Gasteiger partial charge in [-0.25, -0.2) is 4.98 Å². The van der Waals surface area contributed by atoms with Crippen LogP contribution in [0.25, 0.3) is 11.0 Å². The van der Waals surface area contributed by atoms with Crippen molar-refractivity contribution >= 4 is 22.6 Å². The van der Waals surface area contributed by atoms with E-state index in [0.717, 1.165) is 30.0 Å². The van der Waals surface area contributed by atoms with E-state index in [4.69, 9.17) is 4.98 Å². The number of benzene rings is 2. The molecule has 1 atom stereocenters. The second-order valence-electron chi connectivity index (χ2n) is 7.89. The van der Waals surface area contributed by atoms with Crippen molar-refractivity contribution in [3.05, 3.63) is 59.9 Å². The number of aromatic nitrogens is 2. The first-order valence-corrected chi connectivity index (χ1v) is 9.91. The third-order valence-corrected chi connectivity index (χ3v) is 5.38. The number of hydrogen-bond donors (Lipinski definition) is 0. The van der Waals surface area contributed by atoms with Crippen molar-refractivity contribution in [1.29, 1.82) is 0 Å². The van der Waals surface area contributed by atoms with Crippen LogP contribution in [0.1, 0.15) is 44.5 Å². The second-order valence-corrected chi connectivity index (χ2v) is 7.89. The van der Waals surface area contributed by atoms with Crippen LogP contribution in [0.4, 0.5) is 5.69 Å². The van der Waals surface area contributed by atoms with Crippen molar-refractivity contribution in [2.45, 2.75) is 46.1 Å². The van der Waals surface area contributed by atoms with Gasteiger partial charge in [-0.3, -0.25) is 4.79 Å². The van der Waals surface area contributed by atoms with Gasteiger partial charge in [0.1, 0.15) is 5.82 Å². The Morgan fingerprint density at radius 2 is 1.85 bits per heavy atom. The number of para-hydroxylation sites is 2. The minimum atomic E-state index is 0.134. The van der Waals surface area contributed by atoms with E-state index in [2.05, 4.69) is 67.8 Å². The van der Waals surface area contributed by atoms with E-state index >= 15 is 0 Å². The first-order valence-electron chi connectivity index (χ1n) is 9.91. The van der Waals surface area contributed by atoms with Gasteiger partial charge in [-0.2, -0.15) is 0 Å². The standard InChI is InChI=1S/C23H27N3O/c1-4-17-9-11-19(12-10-17)25-15-18(13-22(25)27)23-24-20-7-5-6-8-21(20)26(23)14-16(2)3/h5-12,16,18H,4,13-15H2,1-3H3. The summed E-state index contributed by atoms with van der Waals surface area (Å²) in [5.74, 6) is 1.89. The van der Waals surface area contributed by atoms with Crippen LogP contribution in [0.15, 0.2) is 48.5 Å². The normalized spacial score (nSPS) is 17.4. The van der Waals surface area contributed by atoms with Gasteiger partial charge in [0, 0.05) is 31.1 Å². The highest BCUT2D eigenvalue weighted by Crippen LogP contribution is 2.33. The summed E-state index contributed by atoms with van der Waals surface area (Å²) in [6.45, 7) is 8.21. The lowest BCUT2D eigenvalue weighted by atomic mass is 10.1. The predicted molar refractivity (Wildman–Crippen MR) is 110 cm³/mol. The molecule has 0 aliphatic carbocycles. The molecule has 0 bridgehead atoms. The molecule has 1 fully saturated rings. The number of fused-ring (bicyclic) bond motifs is 1. The van der Waals surface area contributed by atoms with Crippen molar-refractivity contribution in [1.82, 2.24) is 9.55 Å². The summed E-state index contributed by atoms with van der Waals surface area (Å²) in [5, 5.41) is 0. The molecule has 27 heavy (non-hydrogen) atoms. The number of anilines is 1. The van der Waals surface area contributed by atoms with Crippen molar-refractivity contribution in [2.75, 3.05) is 11.4 Å². The molecular weight excluding hydrogens is 334 g/mol. The fraction of sp³-hybridized carbons (Fsp3) is 0.391. The van der Waals surface area contributed by atoms with E-state index in [1.807, 2.05) is 11.0 Å². The van der Waals surface area contributed by atoms with Crippen LogP contribution in [0.5, 0.6) is 0 Å². The van der Waals surface area contributed by atoms with Crippen molar-refractivity contribution in [3.63, 3.8) is 0 Å². The molecule has 2 aromatic carbocycles. The topological polar surface area (TPSA) is 38.1 Å². The van der Waals surface area contributed by atoms with Crippen LogP contribution in [-0.2, 0) is 17.8 Å². The summed E-state index contributed by atoms with van der Waals surface area (Å²) in [4.78, 5) is 19.6.